The van der Waals surface area contributed by atoms with Gasteiger partial charge < -0.3 is 10.1 Å². The number of anilines is 1. The van der Waals surface area contributed by atoms with Crippen LogP contribution in [0.2, 0.25) is 5.15 Å². The predicted molar refractivity (Wildman–Crippen MR) is 88.7 cm³/mol. The lowest BCUT2D eigenvalue weighted by molar-refractivity contribution is 0.340. The van der Waals surface area contributed by atoms with Crippen LogP contribution >= 0.6 is 11.6 Å². The molecule has 0 aliphatic heterocycles. The summed E-state index contributed by atoms with van der Waals surface area (Å²) in [5.41, 5.74) is 1.17. The monoisotopic (exact) mass is 317 g/mol. The summed E-state index contributed by atoms with van der Waals surface area (Å²) >= 11 is 6.10. The molecule has 0 bridgehead atoms. The molecule has 1 aromatic heterocycles. The van der Waals surface area contributed by atoms with Crippen LogP contribution < -0.4 is 10.1 Å². The van der Waals surface area contributed by atoms with E-state index in [1.165, 1.54) is 5.56 Å². The van der Waals surface area contributed by atoms with E-state index in [1.807, 2.05) is 19.1 Å². The summed E-state index contributed by atoms with van der Waals surface area (Å²) in [7, 11) is 0. The highest BCUT2D eigenvalue weighted by Crippen LogP contribution is 2.39. The van der Waals surface area contributed by atoms with E-state index in [4.69, 9.17) is 16.3 Å². The van der Waals surface area contributed by atoms with Crippen molar-refractivity contribution in [3.8, 4) is 5.75 Å². The third kappa shape index (κ3) is 3.69. The summed E-state index contributed by atoms with van der Waals surface area (Å²) in [6.07, 6.45) is 2.32. The zero-order valence-electron chi connectivity index (χ0n) is 12.8. The predicted octanol–water partition coefficient (Wildman–Crippen LogP) is 4.58. The van der Waals surface area contributed by atoms with E-state index in [-0.39, 0.29) is 6.04 Å². The smallest absolute Gasteiger partial charge is 0.135 e. The molecule has 0 amide bonds. The topological polar surface area (TPSA) is 47.0 Å². The van der Waals surface area contributed by atoms with Gasteiger partial charge in [0.25, 0.3) is 0 Å². The first kappa shape index (κ1) is 15.1. The van der Waals surface area contributed by atoms with Crippen molar-refractivity contribution in [2.45, 2.75) is 38.6 Å². The van der Waals surface area contributed by atoms with Gasteiger partial charge in [-0.1, -0.05) is 23.7 Å². The van der Waals surface area contributed by atoms with Crippen molar-refractivity contribution in [1.82, 2.24) is 9.97 Å². The zero-order valence-corrected chi connectivity index (χ0v) is 13.6. The van der Waals surface area contributed by atoms with Crippen molar-refractivity contribution in [2.24, 2.45) is 0 Å². The van der Waals surface area contributed by atoms with E-state index < -0.39 is 0 Å². The third-order valence-corrected chi connectivity index (χ3v) is 3.90. The fraction of sp³-hybridized carbons (Fsp3) is 0.412. The van der Waals surface area contributed by atoms with E-state index >= 15 is 0 Å². The van der Waals surface area contributed by atoms with Gasteiger partial charge in [0.15, 0.2) is 0 Å². The highest BCUT2D eigenvalue weighted by Gasteiger charge is 2.27. The molecule has 0 radical (unpaired) electrons. The van der Waals surface area contributed by atoms with Crippen LogP contribution in [-0.4, -0.2) is 16.6 Å². The highest BCUT2D eigenvalue weighted by atomic mass is 35.5. The van der Waals surface area contributed by atoms with E-state index in [0.717, 1.165) is 30.2 Å². The second-order valence-corrected chi connectivity index (χ2v) is 5.96. The minimum absolute atomic E-state index is 0.133. The van der Waals surface area contributed by atoms with Gasteiger partial charge >= 0.3 is 0 Å². The molecule has 1 unspecified atom stereocenters. The van der Waals surface area contributed by atoms with Crippen LogP contribution in [0.15, 0.2) is 30.3 Å². The number of hydrogen-bond donors (Lipinski definition) is 1. The van der Waals surface area contributed by atoms with Crippen molar-refractivity contribution >= 4 is 17.4 Å². The average Bonchev–Trinajstić information content (AvgIpc) is 3.32. The first-order valence-corrected chi connectivity index (χ1v) is 8.07. The SMILES string of the molecule is CCOc1ccc(C(C)Nc2cc(Cl)nc(C3CC3)n2)cc1. The lowest BCUT2D eigenvalue weighted by atomic mass is 10.1. The molecule has 1 aromatic carbocycles. The van der Waals surface area contributed by atoms with Gasteiger partial charge in [0.05, 0.1) is 6.61 Å². The molecule has 1 aliphatic rings. The molecular formula is C17H20ClN3O. The summed E-state index contributed by atoms with van der Waals surface area (Å²) in [6.45, 7) is 4.76. The van der Waals surface area contributed by atoms with E-state index in [9.17, 15) is 0 Å². The molecule has 1 aliphatic carbocycles. The van der Waals surface area contributed by atoms with Crippen LogP contribution in [0.4, 0.5) is 5.82 Å². The van der Waals surface area contributed by atoms with Crippen molar-refractivity contribution in [3.05, 3.63) is 46.9 Å². The molecule has 5 heteroatoms. The Hall–Kier alpha value is -1.81. The number of ether oxygens (including phenoxy) is 1. The lowest BCUT2D eigenvalue weighted by Gasteiger charge is -2.16. The Morgan fingerprint density at radius 1 is 1.27 bits per heavy atom. The fourth-order valence-corrected chi connectivity index (χ4v) is 2.55. The zero-order chi connectivity index (χ0) is 15.5. The molecule has 116 valence electrons. The van der Waals surface area contributed by atoms with Gasteiger partial charge in [-0.25, -0.2) is 9.97 Å². The van der Waals surface area contributed by atoms with Gasteiger partial charge in [0, 0.05) is 18.0 Å². The van der Waals surface area contributed by atoms with Gasteiger partial charge in [-0.2, -0.15) is 0 Å². The van der Waals surface area contributed by atoms with E-state index in [2.05, 4.69) is 34.3 Å². The maximum atomic E-state index is 6.10. The maximum absolute atomic E-state index is 6.10. The summed E-state index contributed by atoms with van der Waals surface area (Å²) in [6, 6.07) is 10.0. The number of nitrogens with one attached hydrogen (secondary N) is 1. The fourth-order valence-electron chi connectivity index (χ4n) is 2.36. The highest BCUT2D eigenvalue weighted by molar-refractivity contribution is 6.29. The molecule has 0 spiro atoms. The molecule has 2 aromatic rings. The molecule has 1 saturated carbocycles. The minimum Gasteiger partial charge on any atom is -0.494 e. The Kier molecular flexibility index (Phi) is 4.48. The molecule has 1 N–H and O–H groups in total. The molecular weight excluding hydrogens is 298 g/mol. The van der Waals surface area contributed by atoms with E-state index in [0.29, 0.717) is 17.7 Å². The number of aromatic nitrogens is 2. The van der Waals surface area contributed by atoms with Crippen molar-refractivity contribution < 1.29 is 4.74 Å². The number of halogens is 1. The van der Waals surface area contributed by atoms with Gasteiger partial charge in [-0.05, 0) is 44.4 Å². The first-order valence-electron chi connectivity index (χ1n) is 7.69. The van der Waals surface area contributed by atoms with Gasteiger partial charge in [0.2, 0.25) is 0 Å². The molecule has 1 atom stereocenters. The second kappa shape index (κ2) is 6.53. The molecule has 4 nitrogen and oxygen atoms in total. The molecule has 0 saturated heterocycles. The quantitative estimate of drug-likeness (QED) is 0.792. The summed E-state index contributed by atoms with van der Waals surface area (Å²) in [5.74, 6) is 3.01. The Labute approximate surface area is 135 Å². The number of rotatable bonds is 6. The lowest BCUT2D eigenvalue weighted by Crippen LogP contribution is -2.09. The third-order valence-electron chi connectivity index (χ3n) is 3.71. The molecule has 22 heavy (non-hydrogen) atoms. The normalized spacial score (nSPS) is 15.4. The van der Waals surface area contributed by atoms with Crippen LogP contribution in [0.25, 0.3) is 0 Å². The Balaban J connectivity index is 1.71. The van der Waals surface area contributed by atoms with Crippen molar-refractivity contribution in [1.29, 1.82) is 0 Å². The molecule has 3 rings (SSSR count). The average molecular weight is 318 g/mol. The van der Waals surface area contributed by atoms with Crippen LogP contribution in [0, 0.1) is 0 Å². The molecule has 1 fully saturated rings. The number of benzene rings is 1. The summed E-state index contributed by atoms with van der Waals surface area (Å²) in [5, 5.41) is 3.90. The Bertz CT molecular complexity index is 641. The minimum atomic E-state index is 0.133. The second-order valence-electron chi connectivity index (χ2n) is 5.58. The number of nitrogens with zero attached hydrogens (tertiary/aromatic N) is 2. The first-order chi connectivity index (χ1) is 10.7. The summed E-state index contributed by atoms with van der Waals surface area (Å²) in [4.78, 5) is 8.88. The Morgan fingerprint density at radius 3 is 2.64 bits per heavy atom. The van der Waals surface area contributed by atoms with Crippen molar-refractivity contribution in [2.75, 3.05) is 11.9 Å². The molecule has 1 heterocycles. The van der Waals surface area contributed by atoms with Gasteiger partial charge in [-0.15, -0.1) is 0 Å². The standard InChI is InChI=1S/C17H20ClN3O/c1-3-22-14-8-6-12(7-9-14)11(2)19-16-10-15(18)20-17(21-16)13-4-5-13/h6-11,13H,3-5H2,1-2H3,(H,19,20,21). The van der Waals surface area contributed by atoms with Crippen LogP contribution in [0.3, 0.4) is 0 Å². The van der Waals surface area contributed by atoms with Gasteiger partial charge in [0.1, 0.15) is 22.5 Å². The summed E-state index contributed by atoms with van der Waals surface area (Å²) < 4.78 is 5.47. The van der Waals surface area contributed by atoms with Crippen LogP contribution in [-0.2, 0) is 0 Å². The largest absolute Gasteiger partial charge is 0.494 e. The van der Waals surface area contributed by atoms with Crippen LogP contribution in [0.1, 0.15) is 50.0 Å². The van der Waals surface area contributed by atoms with E-state index in [1.54, 1.807) is 6.07 Å². The van der Waals surface area contributed by atoms with Crippen LogP contribution in [0.5, 0.6) is 5.75 Å². The van der Waals surface area contributed by atoms with Gasteiger partial charge in [-0.3, -0.25) is 0 Å². The maximum Gasteiger partial charge on any atom is 0.135 e. The van der Waals surface area contributed by atoms with Crippen molar-refractivity contribution in [3.63, 3.8) is 0 Å². The number of hydrogen-bond acceptors (Lipinski definition) is 4. The Morgan fingerprint density at radius 2 is 2.00 bits per heavy atom.